The van der Waals surface area contributed by atoms with Crippen LogP contribution >= 0.6 is 27.5 Å². The van der Waals surface area contributed by atoms with Gasteiger partial charge in [0, 0.05) is 17.6 Å². The second kappa shape index (κ2) is 9.82. The van der Waals surface area contributed by atoms with Gasteiger partial charge in [-0.1, -0.05) is 11.6 Å². The van der Waals surface area contributed by atoms with Gasteiger partial charge in [0.1, 0.15) is 5.75 Å². The number of ether oxygens (including phenoxy) is 3. The normalized spacial score (nSPS) is 10.6. The first kappa shape index (κ1) is 21.9. The number of nitrogens with zero attached hydrogens (tertiary/aromatic N) is 3. The molecule has 1 heterocycles. The van der Waals surface area contributed by atoms with Gasteiger partial charge in [0.2, 0.25) is 11.8 Å². The van der Waals surface area contributed by atoms with Gasteiger partial charge in [-0.25, -0.2) is 0 Å². The average Bonchev–Trinajstić information content (AvgIpc) is 3.20. The Kier molecular flexibility index (Phi) is 7.17. The summed E-state index contributed by atoms with van der Waals surface area (Å²) in [6.07, 6.45) is 0. The molecule has 2 aromatic carbocycles. The van der Waals surface area contributed by atoms with E-state index < -0.39 is 0 Å². The molecule has 30 heavy (non-hydrogen) atoms. The summed E-state index contributed by atoms with van der Waals surface area (Å²) in [5, 5.41) is 8.62. The predicted octanol–water partition coefficient (Wildman–Crippen LogP) is 4.21. The third-order valence-electron chi connectivity index (χ3n) is 4.14. The molecule has 158 valence electrons. The molecule has 10 heteroatoms. The molecule has 0 bridgehead atoms. The van der Waals surface area contributed by atoms with Gasteiger partial charge in [-0.3, -0.25) is 4.79 Å². The number of likely N-dealkylation sites (N-methyl/N-ethyl adjacent to an activating group) is 1. The number of hydrogen-bond acceptors (Lipinski definition) is 7. The van der Waals surface area contributed by atoms with Gasteiger partial charge < -0.3 is 23.5 Å². The predicted molar refractivity (Wildman–Crippen MR) is 114 cm³/mol. The van der Waals surface area contributed by atoms with E-state index in [2.05, 4.69) is 26.1 Å². The molecule has 1 amide bonds. The molecule has 0 spiro atoms. The molecule has 0 aliphatic heterocycles. The Balaban J connectivity index is 1.61. The standard InChI is InChI=1S/C20H19BrClN3O5/c1-25(19(26)11-29-15-7-5-13(22)9-14(15)21)10-18-23-24-20(30-18)12-4-6-16(27-2)17(8-12)28-3/h4-9H,10-11H2,1-3H3. The number of carbonyl (C=O) groups is 1. The van der Waals surface area contributed by atoms with Crippen molar-refractivity contribution in [2.24, 2.45) is 0 Å². The van der Waals surface area contributed by atoms with Crippen LogP contribution in [0, 0.1) is 0 Å². The second-order valence-electron chi connectivity index (χ2n) is 6.18. The summed E-state index contributed by atoms with van der Waals surface area (Å²) in [5.74, 6) is 2.03. The van der Waals surface area contributed by atoms with Gasteiger partial charge in [0.15, 0.2) is 18.1 Å². The summed E-state index contributed by atoms with van der Waals surface area (Å²) in [6, 6.07) is 10.3. The molecule has 0 saturated carbocycles. The van der Waals surface area contributed by atoms with Crippen molar-refractivity contribution in [1.82, 2.24) is 15.1 Å². The van der Waals surface area contributed by atoms with Gasteiger partial charge in [0.05, 0.1) is 25.2 Å². The smallest absolute Gasteiger partial charge is 0.260 e. The molecule has 0 aliphatic rings. The summed E-state index contributed by atoms with van der Waals surface area (Å²) in [4.78, 5) is 13.8. The first-order valence-corrected chi connectivity index (χ1v) is 9.95. The van der Waals surface area contributed by atoms with Crippen LogP contribution < -0.4 is 14.2 Å². The van der Waals surface area contributed by atoms with E-state index >= 15 is 0 Å². The SMILES string of the molecule is COc1ccc(-c2nnc(CN(C)C(=O)COc3ccc(Cl)cc3Br)o2)cc1OC. The number of benzene rings is 2. The lowest BCUT2D eigenvalue weighted by atomic mass is 10.2. The van der Waals surface area contributed by atoms with E-state index in [9.17, 15) is 4.79 Å². The van der Waals surface area contributed by atoms with Crippen molar-refractivity contribution >= 4 is 33.4 Å². The van der Waals surface area contributed by atoms with Crippen molar-refractivity contribution in [3.63, 3.8) is 0 Å². The Labute approximate surface area is 186 Å². The molecule has 3 rings (SSSR count). The maximum absolute atomic E-state index is 12.4. The second-order valence-corrected chi connectivity index (χ2v) is 7.47. The highest BCUT2D eigenvalue weighted by Crippen LogP contribution is 2.32. The number of carbonyl (C=O) groups excluding carboxylic acids is 1. The molecule has 0 unspecified atom stereocenters. The summed E-state index contributed by atoms with van der Waals surface area (Å²) in [7, 11) is 4.74. The van der Waals surface area contributed by atoms with Gasteiger partial charge in [-0.2, -0.15) is 0 Å². The van der Waals surface area contributed by atoms with E-state index in [4.69, 9.17) is 30.2 Å². The Morgan fingerprint density at radius 3 is 2.53 bits per heavy atom. The Bertz CT molecular complexity index is 1040. The fourth-order valence-corrected chi connectivity index (χ4v) is 3.33. The first-order valence-electron chi connectivity index (χ1n) is 8.78. The molecule has 0 radical (unpaired) electrons. The minimum atomic E-state index is -0.247. The van der Waals surface area contributed by atoms with Gasteiger partial charge in [0.25, 0.3) is 5.91 Å². The molecular weight excluding hydrogens is 478 g/mol. The lowest BCUT2D eigenvalue weighted by molar-refractivity contribution is -0.132. The molecule has 0 atom stereocenters. The Hall–Kier alpha value is -2.78. The molecule has 3 aromatic rings. The van der Waals surface area contributed by atoms with Crippen LogP contribution in [-0.2, 0) is 11.3 Å². The van der Waals surface area contributed by atoms with Crippen molar-refractivity contribution in [3.8, 4) is 28.7 Å². The van der Waals surface area contributed by atoms with Crippen LogP contribution in [0.5, 0.6) is 17.2 Å². The van der Waals surface area contributed by atoms with Gasteiger partial charge in [-0.05, 0) is 52.3 Å². The van der Waals surface area contributed by atoms with E-state index in [0.29, 0.717) is 44.1 Å². The van der Waals surface area contributed by atoms with E-state index in [-0.39, 0.29) is 19.1 Å². The summed E-state index contributed by atoms with van der Waals surface area (Å²) < 4.78 is 22.4. The lowest BCUT2D eigenvalue weighted by Crippen LogP contribution is -2.31. The van der Waals surface area contributed by atoms with Crippen LogP contribution in [0.1, 0.15) is 5.89 Å². The van der Waals surface area contributed by atoms with E-state index in [0.717, 1.165) is 0 Å². The number of methoxy groups -OCH3 is 2. The van der Waals surface area contributed by atoms with E-state index in [1.807, 2.05) is 0 Å². The maximum Gasteiger partial charge on any atom is 0.260 e. The number of amides is 1. The number of aromatic nitrogens is 2. The molecule has 0 aliphatic carbocycles. The number of rotatable bonds is 8. The van der Waals surface area contributed by atoms with Crippen molar-refractivity contribution in [3.05, 3.63) is 51.8 Å². The fraction of sp³-hybridized carbons (Fsp3) is 0.250. The molecule has 1 aromatic heterocycles. The average molecular weight is 497 g/mol. The lowest BCUT2D eigenvalue weighted by Gasteiger charge is -2.15. The minimum absolute atomic E-state index is 0.143. The highest BCUT2D eigenvalue weighted by molar-refractivity contribution is 9.10. The number of hydrogen-bond donors (Lipinski definition) is 0. The fourth-order valence-electron chi connectivity index (χ4n) is 2.54. The largest absolute Gasteiger partial charge is 0.493 e. The summed E-state index contributed by atoms with van der Waals surface area (Å²) in [6.45, 7) is -0.00231. The third-order valence-corrected chi connectivity index (χ3v) is 5.00. The van der Waals surface area contributed by atoms with Crippen molar-refractivity contribution in [2.45, 2.75) is 6.54 Å². The zero-order valence-electron chi connectivity index (χ0n) is 16.5. The van der Waals surface area contributed by atoms with Crippen LogP contribution in [0.15, 0.2) is 45.3 Å². The maximum atomic E-state index is 12.4. The van der Waals surface area contributed by atoms with Gasteiger partial charge in [-0.15, -0.1) is 10.2 Å². The Morgan fingerprint density at radius 2 is 1.83 bits per heavy atom. The Morgan fingerprint density at radius 1 is 1.10 bits per heavy atom. The highest BCUT2D eigenvalue weighted by Gasteiger charge is 2.17. The van der Waals surface area contributed by atoms with Crippen molar-refractivity contribution < 1.29 is 23.4 Å². The third kappa shape index (κ3) is 5.22. The van der Waals surface area contributed by atoms with Gasteiger partial charge >= 0.3 is 0 Å². The van der Waals surface area contributed by atoms with Crippen LogP contribution in [0.25, 0.3) is 11.5 Å². The monoisotopic (exact) mass is 495 g/mol. The quantitative estimate of drug-likeness (QED) is 0.462. The highest BCUT2D eigenvalue weighted by atomic mass is 79.9. The van der Waals surface area contributed by atoms with Crippen LogP contribution in [0.4, 0.5) is 0 Å². The molecule has 8 nitrogen and oxygen atoms in total. The summed E-state index contributed by atoms with van der Waals surface area (Å²) >= 11 is 9.25. The minimum Gasteiger partial charge on any atom is -0.493 e. The van der Waals surface area contributed by atoms with Crippen LogP contribution in [0.3, 0.4) is 0 Å². The zero-order chi connectivity index (χ0) is 21.7. The van der Waals surface area contributed by atoms with Crippen LogP contribution in [-0.4, -0.2) is 48.9 Å². The first-order chi connectivity index (χ1) is 14.4. The van der Waals surface area contributed by atoms with E-state index in [1.165, 1.54) is 4.90 Å². The van der Waals surface area contributed by atoms with Crippen LogP contribution in [0.2, 0.25) is 5.02 Å². The molecule has 0 saturated heterocycles. The molecule has 0 N–H and O–H groups in total. The van der Waals surface area contributed by atoms with Crippen molar-refractivity contribution in [1.29, 1.82) is 0 Å². The number of halogens is 2. The molecular formula is C20H19BrClN3O5. The van der Waals surface area contributed by atoms with E-state index in [1.54, 1.807) is 57.7 Å². The zero-order valence-corrected chi connectivity index (χ0v) is 18.9. The topological polar surface area (TPSA) is 86.9 Å². The van der Waals surface area contributed by atoms with Crippen molar-refractivity contribution in [2.75, 3.05) is 27.9 Å². The summed E-state index contributed by atoms with van der Waals surface area (Å²) in [5.41, 5.74) is 0.677. The molecule has 0 fully saturated rings.